The van der Waals surface area contributed by atoms with Crippen molar-refractivity contribution in [3.63, 3.8) is 0 Å². The Morgan fingerprint density at radius 2 is 0.875 bits per heavy atom. The molecule has 0 fully saturated rings. The fourth-order valence-corrected chi connectivity index (χ4v) is 0. The summed E-state index contributed by atoms with van der Waals surface area (Å²) in [7, 11) is -5.61. The van der Waals surface area contributed by atoms with E-state index >= 15 is 0 Å². The van der Waals surface area contributed by atoms with Crippen LogP contribution < -0.4 is 19.2 Å². The first-order chi connectivity index (χ1) is 2.00. The zero-order chi connectivity index (χ0) is 4.50. The molecule has 32 valence electrons. The topological polar surface area (TPSA) is 92.2 Å². The van der Waals surface area contributed by atoms with Crippen molar-refractivity contribution >= 4 is 71.9 Å². The maximum atomic E-state index is 8.58. The Bertz CT molecular complexity index is 31.5. The quantitative estimate of drug-likeness (QED) is 0.416. The molecular weight excluding hydrogens is 300 g/mol. The summed E-state index contributed by atoms with van der Waals surface area (Å²) in [5.41, 5.74) is 0. The van der Waals surface area contributed by atoms with Gasteiger partial charge in [-0.25, -0.2) is 0 Å². The summed E-state index contributed by atoms with van der Waals surface area (Å²) < 4.78 is 0. The predicted molar refractivity (Wildman–Crippen MR) is 17.3 cm³/mol. The zero-order valence-corrected chi connectivity index (χ0v) is 11.7. The summed E-state index contributed by atoms with van der Waals surface area (Å²) >= 11 is 0. The molecule has 0 aromatic heterocycles. The standard InChI is InChI=1S/Al.Nb.O4Si.Sr/c;;1-5(2,3)4;/q+3;+5;-4;+2. The first-order valence-corrected chi connectivity index (χ1v) is 2.45. The molecule has 0 saturated heterocycles. The van der Waals surface area contributed by atoms with Crippen LogP contribution in [0.5, 0.6) is 0 Å². The monoisotopic (exact) mass is 300 g/mol. The van der Waals surface area contributed by atoms with Crippen LogP contribution in [-0.4, -0.2) is 71.9 Å². The van der Waals surface area contributed by atoms with Gasteiger partial charge >= 0.3 is 85.2 Å². The van der Waals surface area contributed by atoms with Gasteiger partial charge in [-0.05, 0) is 0 Å². The first-order valence-electron chi connectivity index (χ1n) is 0.816. The van der Waals surface area contributed by atoms with Crippen LogP contribution in [-0.2, 0) is 22.4 Å². The molecule has 0 amide bonds. The number of hydrogen-bond donors (Lipinski definition) is 0. The summed E-state index contributed by atoms with van der Waals surface area (Å²) in [6, 6.07) is 0. The molecule has 0 heterocycles. The van der Waals surface area contributed by atoms with Crippen molar-refractivity contribution in [2.75, 3.05) is 0 Å². The van der Waals surface area contributed by atoms with Crippen LogP contribution in [0.15, 0.2) is 0 Å². The van der Waals surface area contributed by atoms with Gasteiger partial charge in [-0.2, -0.15) is 0 Å². The summed E-state index contributed by atoms with van der Waals surface area (Å²) in [5, 5.41) is 0. The molecule has 0 rings (SSSR count). The van der Waals surface area contributed by atoms with E-state index in [4.69, 9.17) is 19.2 Å². The first kappa shape index (κ1) is 22.4. The molecule has 4 nitrogen and oxygen atoms in total. The van der Waals surface area contributed by atoms with Crippen LogP contribution >= 0.6 is 0 Å². The normalized spacial score (nSPS) is 7.50. The summed E-state index contributed by atoms with van der Waals surface area (Å²) in [5.74, 6) is 0. The second-order valence-electron chi connectivity index (χ2n) is 0.500. The van der Waals surface area contributed by atoms with E-state index in [1.165, 1.54) is 0 Å². The molecule has 0 radical (unpaired) electrons. The van der Waals surface area contributed by atoms with Crippen molar-refractivity contribution in [2.45, 2.75) is 0 Å². The molecule has 0 aromatic carbocycles. The molecule has 8 heavy (non-hydrogen) atoms. The molecule has 8 heteroatoms. The molecule has 0 aliphatic carbocycles. The summed E-state index contributed by atoms with van der Waals surface area (Å²) in [4.78, 5) is 34.3. The van der Waals surface area contributed by atoms with Crippen LogP contribution in [0.25, 0.3) is 0 Å². The van der Waals surface area contributed by atoms with Crippen LogP contribution in [0.4, 0.5) is 0 Å². The van der Waals surface area contributed by atoms with Crippen molar-refractivity contribution < 1.29 is 41.6 Å². The molecule has 0 N–H and O–H groups in total. The van der Waals surface area contributed by atoms with E-state index in [1.807, 2.05) is 0 Å². The molecule has 0 aliphatic rings. The molecule has 0 aromatic rings. The smallest absolute Gasteiger partial charge is 0.894 e. The van der Waals surface area contributed by atoms with Crippen LogP contribution in [0.1, 0.15) is 0 Å². The van der Waals surface area contributed by atoms with E-state index in [0.29, 0.717) is 0 Å². The Hall–Kier alpha value is 2.81. The van der Waals surface area contributed by atoms with Gasteiger partial charge in [0, 0.05) is 0 Å². The minimum atomic E-state index is -5.61. The zero-order valence-electron chi connectivity index (χ0n) is 3.86. The summed E-state index contributed by atoms with van der Waals surface area (Å²) in [6.45, 7) is 0. The third-order valence-electron chi connectivity index (χ3n) is 0. The van der Waals surface area contributed by atoms with Crippen molar-refractivity contribution in [3.8, 4) is 0 Å². The van der Waals surface area contributed by atoms with E-state index < -0.39 is 9.05 Å². The van der Waals surface area contributed by atoms with Gasteiger partial charge in [-0.1, -0.05) is 0 Å². The number of rotatable bonds is 0. The Kier molecular flexibility index (Phi) is 27.5. The van der Waals surface area contributed by atoms with Gasteiger partial charge in [0.15, 0.2) is 0 Å². The minimum absolute atomic E-state index is 0. The van der Waals surface area contributed by atoms with Crippen LogP contribution in [0.2, 0.25) is 0 Å². The molecule has 0 saturated carbocycles. The average Bonchev–Trinajstić information content (AvgIpc) is 0.722. The van der Waals surface area contributed by atoms with Gasteiger partial charge in [0.2, 0.25) is 0 Å². The largest absolute Gasteiger partial charge is 5.00 e. The van der Waals surface area contributed by atoms with E-state index in [2.05, 4.69) is 0 Å². The second kappa shape index (κ2) is 9.81. The second-order valence-corrected chi connectivity index (χ2v) is 1.50. The van der Waals surface area contributed by atoms with Gasteiger partial charge in [-0.3, -0.25) is 0 Å². The van der Waals surface area contributed by atoms with Crippen molar-refractivity contribution in [1.29, 1.82) is 0 Å². The van der Waals surface area contributed by atoms with Crippen molar-refractivity contribution in [3.05, 3.63) is 0 Å². The van der Waals surface area contributed by atoms with E-state index in [1.54, 1.807) is 0 Å². The Balaban J connectivity index is -0.0000000267. The maximum Gasteiger partial charge on any atom is 5.00 e. The molecule has 0 aliphatic heterocycles. The van der Waals surface area contributed by atoms with Crippen LogP contribution in [0.3, 0.4) is 0 Å². The average molecular weight is 300 g/mol. The molecule has 0 unspecified atom stereocenters. The van der Waals surface area contributed by atoms with Crippen LogP contribution in [0, 0.1) is 0 Å². The molecule has 0 atom stereocenters. The maximum absolute atomic E-state index is 8.58. The fraction of sp³-hybridized carbons (Fsp3) is 0. The third-order valence-corrected chi connectivity index (χ3v) is 0. The predicted octanol–water partition coefficient (Wildman–Crippen LogP) is -5.90. The Morgan fingerprint density at radius 3 is 0.875 bits per heavy atom. The van der Waals surface area contributed by atoms with Gasteiger partial charge < -0.3 is 28.2 Å². The van der Waals surface area contributed by atoms with Gasteiger partial charge in [0.1, 0.15) is 0 Å². The molecular formula is AlNbO4SiSr+6. The molecule has 0 spiro atoms. The Labute approximate surface area is 111 Å². The Morgan fingerprint density at radius 1 is 0.875 bits per heavy atom. The van der Waals surface area contributed by atoms with E-state index in [9.17, 15) is 0 Å². The van der Waals surface area contributed by atoms with E-state index in [0.717, 1.165) is 0 Å². The fourth-order valence-electron chi connectivity index (χ4n) is 0. The van der Waals surface area contributed by atoms with E-state index in [-0.39, 0.29) is 85.2 Å². The van der Waals surface area contributed by atoms with Gasteiger partial charge in [-0.15, -0.1) is 0 Å². The summed E-state index contributed by atoms with van der Waals surface area (Å²) in [6.07, 6.45) is 0. The van der Waals surface area contributed by atoms with Crippen molar-refractivity contribution in [2.24, 2.45) is 0 Å². The van der Waals surface area contributed by atoms with Gasteiger partial charge in [0.05, 0.1) is 0 Å². The minimum Gasteiger partial charge on any atom is -0.894 e. The molecule has 0 bridgehead atoms. The SMILES string of the molecule is [Al+3].[Nb+5].[O-][Si]([O-])([O-])[O-].[Sr+2]. The third kappa shape index (κ3) is 68.1. The number of hydrogen-bond acceptors (Lipinski definition) is 4. The van der Waals surface area contributed by atoms with Gasteiger partial charge in [0.25, 0.3) is 0 Å². The van der Waals surface area contributed by atoms with Crippen molar-refractivity contribution in [1.82, 2.24) is 0 Å².